The maximum Gasteiger partial charge on any atom is 0.376 e. The molecule has 2 aromatic heterocycles. The van der Waals surface area contributed by atoms with Crippen LogP contribution >= 0.6 is 23.2 Å². The summed E-state index contributed by atoms with van der Waals surface area (Å²) >= 11 is 11.9. The molecule has 0 saturated carbocycles. The van der Waals surface area contributed by atoms with Crippen LogP contribution in [0.25, 0.3) is 5.65 Å². The van der Waals surface area contributed by atoms with Crippen molar-refractivity contribution < 1.29 is 14.1 Å². The summed E-state index contributed by atoms with van der Waals surface area (Å²) in [4.78, 5) is 29.4. The first-order valence-electron chi connectivity index (χ1n) is 8.53. The number of aromatic nitrogens is 2. The van der Waals surface area contributed by atoms with Gasteiger partial charge in [-0.3, -0.25) is 19.3 Å². The molecule has 1 aromatic carbocycles. The van der Waals surface area contributed by atoms with Gasteiger partial charge in [-0.2, -0.15) is 0 Å². The van der Waals surface area contributed by atoms with Gasteiger partial charge in [-0.25, -0.2) is 9.37 Å². The van der Waals surface area contributed by atoms with Gasteiger partial charge in [0.05, 0.1) is 23.1 Å². The molecule has 3 heterocycles. The van der Waals surface area contributed by atoms with Gasteiger partial charge >= 0.3 is 11.2 Å². The molecule has 150 valence electrons. The minimum absolute atomic E-state index is 0.0648. The average Bonchev–Trinajstić information content (AvgIpc) is 2.70. The van der Waals surface area contributed by atoms with Crippen LogP contribution < -0.4 is 10.5 Å². The number of hydrogen-bond donors (Lipinski definition) is 0. The van der Waals surface area contributed by atoms with Crippen LogP contribution in [0.15, 0.2) is 41.3 Å². The maximum absolute atomic E-state index is 13.9. The lowest BCUT2D eigenvalue weighted by Gasteiger charge is -2.34. The Bertz CT molecular complexity index is 1190. The molecular formula is C18H13Cl2FN4O4. The molecule has 3 aromatic rings. The molecule has 1 fully saturated rings. The molecule has 0 spiro atoms. The maximum atomic E-state index is 13.9. The Kier molecular flexibility index (Phi) is 5.12. The second-order valence-electron chi connectivity index (χ2n) is 6.37. The number of ether oxygens (including phenoxy) is 1. The van der Waals surface area contributed by atoms with Crippen molar-refractivity contribution in [2.45, 2.75) is 6.10 Å². The zero-order valence-corrected chi connectivity index (χ0v) is 16.2. The molecule has 11 heteroatoms. The highest BCUT2D eigenvalue weighted by atomic mass is 35.5. The summed E-state index contributed by atoms with van der Waals surface area (Å²) in [5, 5.41) is 11.7. The second-order valence-corrected chi connectivity index (χ2v) is 7.18. The summed E-state index contributed by atoms with van der Waals surface area (Å²) in [7, 11) is 0. The number of nitro groups is 1. The number of hydrogen-bond acceptors (Lipinski definition) is 6. The van der Waals surface area contributed by atoms with Crippen LogP contribution in [0.5, 0.6) is 0 Å². The van der Waals surface area contributed by atoms with E-state index < -0.39 is 28.1 Å². The Balaban J connectivity index is 1.78. The molecule has 1 saturated heterocycles. The first-order chi connectivity index (χ1) is 13.9. The molecule has 0 N–H and O–H groups in total. The SMILES string of the molecule is O=c1c([N+](=O)[O-])c(N2CCOC(c3cc(F)c(Cl)cc3Cl)C2)nc2ccccn12. The number of anilines is 1. The fourth-order valence-corrected chi connectivity index (χ4v) is 3.77. The lowest BCUT2D eigenvalue weighted by Crippen LogP contribution is -2.40. The zero-order valence-electron chi connectivity index (χ0n) is 14.7. The van der Waals surface area contributed by atoms with E-state index in [4.69, 9.17) is 27.9 Å². The van der Waals surface area contributed by atoms with E-state index in [1.54, 1.807) is 23.1 Å². The summed E-state index contributed by atoms with van der Waals surface area (Å²) in [5.74, 6) is -0.718. The van der Waals surface area contributed by atoms with Crippen molar-refractivity contribution in [2.24, 2.45) is 0 Å². The third-order valence-corrected chi connectivity index (χ3v) is 5.24. The van der Waals surface area contributed by atoms with Crippen LogP contribution in [0.3, 0.4) is 0 Å². The van der Waals surface area contributed by atoms with Gasteiger partial charge in [0.25, 0.3) is 0 Å². The summed E-state index contributed by atoms with van der Waals surface area (Å²) in [6, 6.07) is 7.30. The number of pyridine rings is 1. The van der Waals surface area contributed by atoms with E-state index in [0.29, 0.717) is 5.56 Å². The van der Waals surface area contributed by atoms with Gasteiger partial charge in [-0.05, 0) is 24.3 Å². The Morgan fingerprint density at radius 2 is 2.07 bits per heavy atom. The second kappa shape index (κ2) is 7.58. The highest BCUT2D eigenvalue weighted by Crippen LogP contribution is 2.34. The van der Waals surface area contributed by atoms with E-state index in [-0.39, 0.29) is 41.2 Å². The predicted octanol–water partition coefficient (Wildman–Crippen LogP) is 3.63. The normalized spacial score (nSPS) is 16.9. The van der Waals surface area contributed by atoms with Crippen molar-refractivity contribution in [1.82, 2.24) is 9.38 Å². The van der Waals surface area contributed by atoms with E-state index in [0.717, 1.165) is 4.40 Å². The molecule has 29 heavy (non-hydrogen) atoms. The number of fused-ring (bicyclic) bond motifs is 1. The molecule has 1 unspecified atom stereocenters. The van der Waals surface area contributed by atoms with Gasteiger partial charge < -0.3 is 9.64 Å². The third kappa shape index (κ3) is 3.52. The molecule has 1 aliphatic heterocycles. The standard InChI is InChI=1S/C18H13Cl2FN4O4/c19-11-8-12(20)13(21)7-10(11)14-9-23(5-6-29-14)17-16(25(27)28)18(26)24-4-2-1-3-15(24)22-17/h1-4,7-8,14H,5-6,9H2. The molecule has 0 amide bonds. The van der Waals surface area contributed by atoms with Crippen molar-refractivity contribution in [3.05, 3.63) is 78.4 Å². The Morgan fingerprint density at radius 3 is 2.83 bits per heavy atom. The smallest absolute Gasteiger partial charge is 0.370 e. The van der Waals surface area contributed by atoms with E-state index in [2.05, 4.69) is 4.98 Å². The fourth-order valence-electron chi connectivity index (χ4n) is 3.26. The summed E-state index contributed by atoms with van der Waals surface area (Å²) in [6.45, 7) is 0.537. The van der Waals surface area contributed by atoms with Crippen molar-refractivity contribution in [3.8, 4) is 0 Å². The molecule has 4 rings (SSSR count). The molecule has 1 atom stereocenters. The van der Waals surface area contributed by atoms with Crippen LogP contribution in [0, 0.1) is 15.9 Å². The summed E-state index contributed by atoms with van der Waals surface area (Å²) in [5.41, 5.74) is -0.785. The predicted molar refractivity (Wildman–Crippen MR) is 105 cm³/mol. The van der Waals surface area contributed by atoms with Crippen molar-refractivity contribution in [2.75, 3.05) is 24.6 Å². The van der Waals surface area contributed by atoms with Crippen LogP contribution in [0.2, 0.25) is 10.0 Å². The van der Waals surface area contributed by atoms with Crippen molar-refractivity contribution in [3.63, 3.8) is 0 Å². The Labute approximate surface area is 173 Å². The lowest BCUT2D eigenvalue weighted by molar-refractivity contribution is -0.385. The van der Waals surface area contributed by atoms with Crippen LogP contribution in [0.4, 0.5) is 15.9 Å². The van der Waals surface area contributed by atoms with Crippen molar-refractivity contribution >= 4 is 40.4 Å². The minimum atomic E-state index is -0.783. The van der Waals surface area contributed by atoms with Gasteiger partial charge in [0.1, 0.15) is 17.6 Å². The average molecular weight is 439 g/mol. The topological polar surface area (TPSA) is 90.0 Å². The number of benzene rings is 1. The van der Waals surface area contributed by atoms with Crippen LogP contribution in [-0.4, -0.2) is 34.0 Å². The van der Waals surface area contributed by atoms with Gasteiger partial charge in [-0.15, -0.1) is 0 Å². The zero-order chi connectivity index (χ0) is 20.7. The molecular weight excluding hydrogens is 426 g/mol. The highest BCUT2D eigenvalue weighted by Gasteiger charge is 2.32. The highest BCUT2D eigenvalue weighted by molar-refractivity contribution is 6.35. The van der Waals surface area contributed by atoms with Gasteiger partial charge in [0, 0.05) is 23.3 Å². The first-order valence-corrected chi connectivity index (χ1v) is 9.29. The molecule has 8 nitrogen and oxygen atoms in total. The van der Waals surface area contributed by atoms with E-state index in [1.807, 2.05) is 0 Å². The number of morpholine rings is 1. The quantitative estimate of drug-likeness (QED) is 0.352. The largest absolute Gasteiger partial charge is 0.376 e. The van der Waals surface area contributed by atoms with E-state index in [1.165, 1.54) is 18.3 Å². The third-order valence-electron chi connectivity index (χ3n) is 4.63. The number of halogens is 3. The monoisotopic (exact) mass is 438 g/mol. The Morgan fingerprint density at radius 1 is 1.28 bits per heavy atom. The fraction of sp³-hybridized carbons (Fsp3) is 0.222. The molecule has 1 aliphatic rings. The van der Waals surface area contributed by atoms with Crippen LogP contribution in [-0.2, 0) is 4.74 Å². The van der Waals surface area contributed by atoms with Gasteiger partial charge in [0.2, 0.25) is 5.82 Å². The Hall–Kier alpha value is -2.75. The molecule has 0 aliphatic carbocycles. The van der Waals surface area contributed by atoms with Gasteiger partial charge in [-0.1, -0.05) is 29.3 Å². The minimum Gasteiger partial charge on any atom is -0.370 e. The van der Waals surface area contributed by atoms with Gasteiger partial charge in [0.15, 0.2) is 0 Å². The summed E-state index contributed by atoms with van der Waals surface area (Å²) in [6.07, 6.45) is 0.735. The lowest BCUT2D eigenvalue weighted by atomic mass is 10.1. The summed E-state index contributed by atoms with van der Waals surface area (Å²) < 4.78 is 20.7. The molecule has 0 bridgehead atoms. The van der Waals surface area contributed by atoms with E-state index in [9.17, 15) is 19.3 Å². The first kappa shape index (κ1) is 19.6. The van der Waals surface area contributed by atoms with E-state index >= 15 is 0 Å². The van der Waals surface area contributed by atoms with Crippen molar-refractivity contribution in [1.29, 1.82) is 0 Å². The van der Waals surface area contributed by atoms with Crippen LogP contribution in [0.1, 0.15) is 11.7 Å². The number of rotatable bonds is 3. The molecule has 0 radical (unpaired) electrons. The number of nitrogens with zero attached hydrogens (tertiary/aromatic N) is 4.